The van der Waals surface area contributed by atoms with Gasteiger partial charge in [-0.2, -0.15) is 21.6 Å². The van der Waals surface area contributed by atoms with Crippen LogP contribution in [0, 0.1) is 0 Å². The Morgan fingerprint density at radius 1 is 1.07 bits per heavy atom. The Hall–Kier alpha value is -2.31. The van der Waals surface area contributed by atoms with Gasteiger partial charge in [-0.25, -0.2) is 14.8 Å². The quantitative estimate of drug-likeness (QED) is 0.547. The van der Waals surface area contributed by atoms with Gasteiger partial charge >= 0.3 is 27.7 Å². The first kappa shape index (κ1) is 21.0. The van der Waals surface area contributed by atoms with Gasteiger partial charge in [-0.3, -0.25) is 0 Å². The molecular weight excluding hydrogens is 393 g/mol. The van der Waals surface area contributed by atoms with Crippen molar-refractivity contribution in [2.45, 2.75) is 31.9 Å². The fraction of sp³-hybridized carbons (Fsp3) is 0.643. The van der Waals surface area contributed by atoms with E-state index in [9.17, 15) is 26.4 Å². The molecule has 152 valence electrons. The van der Waals surface area contributed by atoms with Crippen LogP contribution in [0.2, 0.25) is 0 Å². The van der Waals surface area contributed by atoms with Crippen LogP contribution in [-0.2, 0) is 14.9 Å². The lowest BCUT2D eigenvalue weighted by Gasteiger charge is -2.36. The highest BCUT2D eigenvalue weighted by atomic mass is 32.2. The van der Waals surface area contributed by atoms with E-state index in [2.05, 4.69) is 14.2 Å². The highest BCUT2D eigenvalue weighted by molar-refractivity contribution is 7.87. The van der Waals surface area contributed by atoms with Gasteiger partial charge < -0.3 is 18.7 Å². The number of ether oxygens (including phenoxy) is 1. The summed E-state index contributed by atoms with van der Waals surface area (Å²) >= 11 is 0. The number of nitrogens with zero attached hydrogens (tertiary/aromatic N) is 4. The van der Waals surface area contributed by atoms with E-state index in [-0.39, 0.29) is 0 Å². The van der Waals surface area contributed by atoms with Crippen LogP contribution in [0.4, 0.5) is 23.7 Å². The predicted octanol–water partition coefficient (Wildman–Crippen LogP) is 1.76. The van der Waals surface area contributed by atoms with Crippen molar-refractivity contribution in [2.75, 3.05) is 31.1 Å². The molecule has 2 rings (SSSR count). The second kappa shape index (κ2) is 7.37. The van der Waals surface area contributed by atoms with Crippen LogP contribution in [0.5, 0.6) is 6.01 Å². The molecule has 13 heteroatoms. The lowest BCUT2D eigenvalue weighted by atomic mass is 10.2. The Balaban J connectivity index is 1.95. The van der Waals surface area contributed by atoms with Gasteiger partial charge in [-0.15, -0.1) is 0 Å². The monoisotopic (exact) mass is 412 g/mol. The summed E-state index contributed by atoms with van der Waals surface area (Å²) in [4.78, 5) is 22.3. The zero-order valence-corrected chi connectivity index (χ0v) is 15.7. The summed E-state index contributed by atoms with van der Waals surface area (Å²) in [6.45, 7) is 6.88. The fourth-order valence-corrected chi connectivity index (χ4v) is 2.51. The van der Waals surface area contributed by atoms with Gasteiger partial charge in [0.2, 0.25) is 0 Å². The number of piperazine rings is 1. The van der Waals surface area contributed by atoms with E-state index >= 15 is 0 Å². The molecule has 0 aromatic carbocycles. The van der Waals surface area contributed by atoms with E-state index in [1.165, 1.54) is 4.90 Å². The van der Waals surface area contributed by atoms with Crippen molar-refractivity contribution in [3.8, 4) is 6.01 Å². The second-order valence-electron chi connectivity index (χ2n) is 6.66. The smallest absolute Gasteiger partial charge is 0.444 e. The van der Waals surface area contributed by atoms with Crippen molar-refractivity contribution in [2.24, 2.45) is 0 Å². The summed E-state index contributed by atoms with van der Waals surface area (Å²) in [6, 6.07) is -0.927. The minimum Gasteiger partial charge on any atom is -0.444 e. The zero-order chi connectivity index (χ0) is 20.5. The number of hydrogen-bond acceptors (Lipinski definition) is 8. The van der Waals surface area contributed by atoms with Crippen LogP contribution >= 0.6 is 0 Å². The molecule has 1 saturated heterocycles. The van der Waals surface area contributed by atoms with Crippen molar-refractivity contribution in [1.29, 1.82) is 0 Å². The Morgan fingerprint density at radius 2 is 1.59 bits per heavy atom. The molecule has 2 heterocycles. The number of anilines is 1. The van der Waals surface area contributed by atoms with Crippen molar-refractivity contribution in [3.05, 3.63) is 12.4 Å². The average Bonchev–Trinajstić information content (AvgIpc) is 2.53. The number of halogens is 3. The third-order valence-electron chi connectivity index (χ3n) is 3.38. The number of hydrogen-bond donors (Lipinski definition) is 0. The van der Waals surface area contributed by atoms with E-state index < -0.39 is 33.3 Å². The maximum atomic E-state index is 12.3. The summed E-state index contributed by atoms with van der Waals surface area (Å²) in [7, 11) is -5.82. The zero-order valence-electron chi connectivity index (χ0n) is 14.9. The molecule has 1 aromatic rings. The summed E-state index contributed by atoms with van der Waals surface area (Å²) < 4.78 is 67.8. The van der Waals surface area contributed by atoms with E-state index in [4.69, 9.17) is 4.74 Å². The molecule has 0 radical (unpaired) electrons. The standard InChI is InChI=1S/C14H19F3N4O5S/c1-13(2,3)25-12(22)21-6-4-20(5-7-21)10-8-18-11(19-9-10)26-27(23,24)14(15,16)17/h8-9H,4-7H2,1-3H3. The SMILES string of the molecule is CC(C)(C)OC(=O)N1CCN(c2cnc(OS(=O)(=O)C(F)(F)F)nc2)CC1. The largest absolute Gasteiger partial charge is 0.534 e. The Morgan fingerprint density at radius 3 is 2.04 bits per heavy atom. The average molecular weight is 412 g/mol. The Labute approximate surface area is 154 Å². The first-order chi connectivity index (χ1) is 12.3. The molecule has 1 aromatic heterocycles. The Bertz CT molecular complexity index is 769. The van der Waals surface area contributed by atoms with Crippen molar-refractivity contribution >= 4 is 21.9 Å². The number of carbonyl (C=O) groups excluding carboxylic acids is 1. The summed E-state index contributed by atoms with van der Waals surface area (Å²) in [5.74, 6) is 0. The van der Waals surface area contributed by atoms with Crippen LogP contribution in [0.15, 0.2) is 12.4 Å². The molecule has 1 amide bonds. The molecule has 1 aliphatic heterocycles. The van der Waals surface area contributed by atoms with E-state index in [1.807, 2.05) is 0 Å². The molecule has 1 aliphatic rings. The first-order valence-corrected chi connectivity index (χ1v) is 9.25. The second-order valence-corrected chi connectivity index (χ2v) is 8.20. The highest BCUT2D eigenvalue weighted by Gasteiger charge is 2.49. The van der Waals surface area contributed by atoms with Crippen molar-refractivity contribution in [1.82, 2.24) is 14.9 Å². The maximum absolute atomic E-state index is 12.3. The van der Waals surface area contributed by atoms with Gasteiger partial charge in [0.15, 0.2) is 0 Å². The van der Waals surface area contributed by atoms with E-state index in [0.29, 0.717) is 31.9 Å². The van der Waals surface area contributed by atoms with Crippen LogP contribution in [0.1, 0.15) is 20.8 Å². The Kier molecular flexibility index (Phi) is 5.73. The topological polar surface area (TPSA) is 102 Å². The summed E-state index contributed by atoms with van der Waals surface area (Å²) in [6.07, 6.45) is 1.87. The molecule has 0 atom stereocenters. The van der Waals surface area contributed by atoms with E-state index in [0.717, 1.165) is 12.4 Å². The van der Waals surface area contributed by atoms with Crippen LogP contribution in [0.3, 0.4) is 0 Å². The van der Waals surface area contributed by atoms with Gasteiger partial charge in [-0.05, 0) is 20.8 Å². The first-order valence-electron chi connectivity index (χ1n) is 7.84. The van der Waals surface area contributed by atoms with Gasteiger partial charge in [-0.1, -0.05) is 0 Å². The molecule has 0 bridgehead atoms. The van der Waals surface area contributed by atoms with Gasteiger partial charge in [0.25, 0.3) is 0 Å². The number of aromatic nitrogens is 2. The molecule has 1 fully saturated rings. The normalized spacial score (nSPS) is 16.2. The minimum atomic E-state index is -5.82. The third kappa shape index (κ3) is 5.58. The predicted molar refractivity (Wildman–Crippen MR) is 87.7 cm³/mol. The molecule has 27 heavy (non-hydrogen) atoms. The van der Waals surface area contributed by atoms with Gasteiger partial charge in [0.1, 0.15) is 5.60 Å². The molecule has 0 unspecified atom stereocenters. The number of alkyl halides is 3. The lowest BCUT2D eigenvalue weighted by Crippen LogP contribution is -2.50. The summed E-state index contributed by atoms with van der Waals surface area (Å²) in [5.41, 5.74) is -5.71. The molecule has 0 N–H and O–H groups in total. The van der Waals surface area contributed by atoms with Crippen LogP contribution < -0.4 is 9.08 Å². The molecule has 0 spiro atoms. The lowest BCUT2D eigenvalue weighted by molar-refractivity contribution is -0.0502. The van der Waals surface area contributed by atoms with E-state index in [1.54, 1.807) is 25.7 Å². The van der Waals surface area contributed by atoms with Crippen molar-refractivity contribution in [3.63, 3.8) is 0 Å². The van der Waals surface area contributed by atoms with Crippen LogP contribution in [0.25, 0.3) is 0 Å². The molecular formula is C14H19F3N4O5S. The van der Waals surface area contributed by atoms with Gasteiger partial charge in [0, 0.05) is 26.2 Å². The number of carbonyl (C=O) groups is 1. The number of amides is 1. The summed E-state index contributed by atoms with van der Waals surface area (Å²) in [5, 5.41) is 0. The number of rotatable bonds is 3. The molecule has 0 saturated carbocycles. The highest BCUT2D eigenvalue weighted by Crippen LogP contribution is 2.26. The molecule has 0 aliphatic carbocycles. The molecule has 9 nitrogen and oxygen atoms in total. The fourth-order valence-electron chi connectivity index (χ4n) is 2.13. The minimum absolute atomic E-state index is 0.371. The van der Waals surface area contributed by atoms with Crippen molar-refractivity contribution < 1.29 is 35.3 Å². The van der Waals surface area contributed by atoms with Gasteiger partial charge in [0.05, 0.1) is 18.1 Å². The third-order valence-corrected chi connectivity index (χ3v) is 4.31. The van der Waals surface area contributed by atoms with Crippen LogP contribution in [-0.4, -0.2) is 66.7 Å². The maximum Gasteiger partial charge on any atom is 0.534 e.